The van der Waals surface area contributed by atoms with E-state index in [0.717, 1.165) is 11.8 Å². The number of amides is 1. The van der Waals surface area contributed by atoms with Crippen LogP contribution in [0.3, 0.4) is 0 Å². The van der Waals surface area contributed by atoms with E-state index in [0.29, 0.717) is 54.1 Å². The van der Waals surface area contributed by atoms with Crippen LogP contribution in [0, 0.1) is 0 Å². The van der Waals surface area contributed by atoms with Gasteiger partial charge < -0.3 is 29.0 Å². The number of sulfonamides is 1. The molecule has 11 heteroatoms. The molecule has 1 aliphatic heterocycles. The molecule has 0 saturated carbocycles. The summed E-state index contributed by atoms with van der Waals surface area (Å²) < 4.78 is 53.1. The maximum Gasteiger partial charge on any atom is 0.232 e. The molecule has 0 spiro atoms. The summed E-state index contributed by atoms with van der Waals surface area (Å²) in [5.74, 6) is 2.30. The van der Waals surface area contributed by atoms with Crippen molar-refractivity contribution in [2.24, 2.45) is 0 Å². The summed E-state index contributed by atoms with van der Waals surface area (Å²) in [6.07, 6.45) is 1.61. The average Bonchev–Trinajstić information content (AvgIpc) is 2.83. The van der Waals surface area contributed by atoms with Gasteiger partial charge in [0, 0.05) is 31.1 Å². The first-order valence-corrected chi connectivity index (χ1v) is 12.5. The van der Waals surface area contributed by atoms with Gasteiger partial charge in [0.2, 0.25) is 21.7 Å². The standard InChI is InChI=1S/C23H30N2O8S/c1-29-19-9-7-16(22(30-2)23(19)31-3)15-24-21(26)6-5-11-25(34(4,27)28)17-8-10-18-20(14-17)33-13-12-32-18/h7-10,14H,5-6,11-13,15H2,1-4H3,(H,24,26). The molecule has 1 amide bonds. The molecule has 186 valence electrons. The predicted octanol–water partition coefficient (Wildman–Crippen LogP) is 2.35. The van der Waals surface area contributed by atoms with Gasteiger partial charge in [0.1, 0.15) is 13.2 Å². The zero-order chi connectivity index (χ0) is 24.7. The fourth-order valence-corrected chi connectivity index (χ4v) is 4.60. The van der Waals surface area contributed by atoms with Gasteiger partial charge in [-0.15, -0.1) is 0 Å². The second-order valence-electron chi connectivity index (χ2n) is 7.54. The summed E-state index contributed by atoms with van der Waals surface area (Å²) in [7, 11) is 0.999. The van der Waals surface area contributed by atoms with Crippen molar-refractivity contribution in [1.82, 2.24) is 5.32 Å². The van der Waals surface area contributed by atoms with Gasteiger partial charge in [-0.1, -0.05) is 0 Å². The molecule has 2 aromatic carbocycles. The number of fused-ring (bicyclic) bond motifs is 1. The summed E-state index contributed by atoms with van der Waals surface area (Å²) >= 11 is 0. The molecule has 0 unspecified atom stereocenters. The van der Waals surface area contributed by atoms with E-state index in [1.807, 2.05) is 0 Å². The highest BCUT2D eigenvalue weighted by molar-refractivity contribution is 7.92. The minimum atomic E-state index is -3.56. The molecule has 0 aromatic heterocycles. The third kappa shape index (κ3) is 5.96. The fraction of sp³-hybridized carbons (Fsp3) is 0.435. The van der Waals surface area contributed by atoms with Crippen molar-refractivity contribution in [3.8, 4) is 28.7 Å². The van der Waals surface area contributed by atoms with E-state index >= 15 is 0 Å². The van der Waals surface area contributed by atoms with Crippen molar-refractivity contribution < 1.29 is 36.9 Å². The van der Waals surface area contributed by atoms with Crippen LogP contribution < -0.4 is 33.3 Å². The van der Waals surface area contributed by atoms with Crippen molar-refractivity contribution in [1.29, 1.82) is 0 Å². The van der Waals surface area contributed by atoms with E-state index in [9.17, 15) is 13.2 Å². The maximum atomic E-state index is 12.4. The summed E-state index contributed by atoms with van der Waals surface area (Å²) in [6, 6.07) is 8.51. The average molecular weight is 495 g/mol. The molecular formula is C23H30N2O8S. The number of ether oxygens (including phenoxy) is 5. The lowest BCUT2D eigenvalue weighted by atomic mass is 10.1. The number of benzene rings is 2. The number of carbonyl (C=O) groups is 1. The number of methoxy groups -OCH3 is 3. The minimum absolute atomic E-state index is 0.144. The van der Waals surface area contributed by atoms with Crippen molar-refractivity contribution in [2.45, 2.75) is 19.4 Å². The fourth-order valence-electron chi connectivity index (χ4n) is 3.64. The predicted molar refractivity (Wildman–Crippen MR) is 127 cm³/mol. The van der Waals surface area contributed by atoms with E-state index in [-0.39, 0.29) is 25.4 Å². The molecule has 34 heavy (non-hydrogen) atoms. The van der Waals surface area contributed by atoms with Gasteiger partial charge in [-0.3, -0.25) is 9.10 Å². The van der Waals surface area contributed by atoms with Crippen LogP contribution in [0.15, 0.2) is 30.3 Å². The highest BCUT2D eigenvalue weighted by Gasteiger charge is 2.21. The van der Waals surface area contributed by atoms with E-state index < -0.39 is 10.0 Å². The summed E-state index contributed by atoms with van der Waals surface area (Å²) in [5.41, 5.74) is 1.18. The van der Waals surface area contributed by atoms with Gasteiger partial charge in [0.25, 0.3) is 0 Å². The van der Waals surface area contributed by atoms with Crippen LogP contribution in [-0.2, 0) is 21.4 Å². The Morgan fingerprint density at radius 1 is 1.00 bits per heavy atom. The number of hydrogen-bond acceptors (Lipinski definition) is 8. The first-order valence-electron chi connectivity index (χ1n) is 10.7. The molecule has 2 aromatic rings. The second-order valence-corrected chi connectivity index (χ2v) is 9.44. The molecule has 3 rings (SSSR count). The van der Waals surface area contributed by atoms with E-state index in [1.54, 1.807) is 30.3 Å². The Labute approximate surface area is 199 Å². The lowest BCUT2D eigenvalue weighted by Gasteiger charge is -2.25. The summed E-state index contributed by atoms with van der Waals surface area (Å²) in [6.45, 7) is 1.22. The Kier molecular flexibility index (Phi) is 8.32. The zero-order valence-electron chi connectivity index (χ0n) is 19.8. The van der Waals surface area contributed by atoms with Gasteiger partial charge in [0.15, 0.2) is 23.0 Å². The van der Waals surface area contributed by atoms with Crippen LogP contribution in [0.4, 0.5) is 5.69 Å². The monoisotopic (exact) mass is 494 g/mol. The van der Waals surface area contributed by atoms with E-state index in [1.165, 1.54) is 25.6 Å². The maximum absolute atomic E-state index is 12.4. The van der Waals surface area contributed by atoms with Crippen LogP contribution in [0.2, 0.25) is 0 Å². The molecule has 1 N–H and O–H groups in total. The Bertz CT molecular complexity index is 1120. The number of nitrogens with zero attached hydrogens (tertiary/aromatic N) is 1. The molecule has 0 radical (unpaired) electrons. The van der Waals surface area contributed by atoms with Gasteiger partial charge in [-0.25, -0.2) is 8.42 Å². The van der Waals surface area contributed by atoms with Crippen LogP contribution >= 0.6 is 0 Å². The van der Waals surface area contributed by atoms with Gasteiger partial charge in [0.05, 0.1) is 33.3 Å². The van der Waals surface area contributed by atoms with E-state index in [4.69, 9.17) is 23.7 Å². The van der Waals surface area contributed by atoms with Crippen LogP contribution in [-0.4, -0.2) is 61.7 Å². The first kappa shape index (κ1) is 25.3. The zero-order valence-corrected chi connectivity index (χ0v) is 20.6. The number of rotatable bonds is 11. The van der Waals surface area contributed by atoms with Gasteiger partial charge >= 0.3 is 0 Å². The third-order valence-corrected chi connectivity index (χ3v) is 6.43. The first-order chi connectivity index (χ1) is 16.3. The Balaban J connectivity index is 1.60. The second kappa shape index (κ2) is 11.2. The van der Waals surface area contributed by atoms with Crippen molar-refractivity contribution in [3.05, 3.63) is 35.9 Å². The van der Waals surface area contributed by atoms with Crippen molar-refractivity contribution in [2.75, 3.05) is 51.6 Å². The summed E-state index contributed by atoms with van der Waals surface area (Å²) in [5, 5.41) is 2.84. The molecule has 0 bridgehead atoms. The van der Waals surface area contributed by atoms with Gasteiger partial charge in [-0.05, 0) is 30.7 Å². The van der Waals surface area contributed by atoms with Crippen LogP contribution in [0.1, 0.15) is 18.4 Å². The lowest BCUT2D eigenvalue weighted by molar-refractivity contribution is -0.121. The van der Waals surface area contributed by atoms with Crippen molar-refractivity contribution in [3.63, 3.8) is 0 Å². The van der Waals surface area contributed by atoms with Crippen molar-refractivity contribution >= 4 is 21.6 Å². The Morgan fingerprint density at radius 3 is 2.35 bits per heavy atom. The number of anilines is 1. The largest absolute Gasteiger partial charge is 0.493 e. The molecule has 1 aliphatic rings. The topological polar surface area (TPSA) is 113 Å². The third-order valence-electron chi connectivity index (χ3n) is 5.24. The molecule has 0 saturated heterocycles. The lowest BCUT2D eigenvalue weighted by Crippen LogP contribution is -2.32. The smallest absolute Gasteiger partial charge is 0.232 e. The number of carbonyl (C=O) groups excluding carboxylic acids is 1. The normalized spacial score (nSPS) is 12.6. The quantitative estimate of drug-likeness (QED) is 0.507. The van der Waals surface area contributed by atoms with E-state index in [2.05, 4.69) is 5.32 Å². The molecule has 0 aliphatic carbocycles. The number of hydrogen-bond donors (Lipinski definition) is 1. The Hall–Kier alpha value is -3.34. The summed E-state index contributed by atoms with van der Waals surface area (Å²) in [4.78, 5) is 12.4. The SMILES string of the molecule is COc1ccc(CNC(=O)CCCN(c2ccc3c(c2)OCCO3)S(C)(=O)=O)c(OC)c1OC. The molecule has 0 fully saturated rings. The Morgan fingerprint density at radius 2 is 1.71 bits per heavy atom. The number of nitrogens with one attached hydrogen (secondary N) is 1. The van der Waals surface area contributed by atoms with Crippen LogP contribution in [0.5, 0.6) is 28.7 Å². The molecule has 0 atom stereocenters. The molecular weight excluding hydrogens is 464 g/mol. The van der Waals surface area contributed by atoms with Gasteiger partial charge in [-0.2, -0.15) is 0 Å². The molecule has 10 nitrogen and oxygen atoms in total. The highest BCUT2D eigenvalue weighted by atomic mass is 32.2. The van der Waals surface area contributed by atoms with Crippen LogP contribution in [0.25, 0.3) is 0 Å². The highest BCUT2D eigenvalue weighted by Crippen LogP contribution is 2.39. The minimum Gasteiger partial charge on any atom is -0.493 e. The molecule has 1 heterocycles.